The van der Waals surface area contributed by atoms with Gasteiger partial charge in [0.15, 0.2) is 0 Å². The first kappa shape index (κ1) is 21.9. The summed E-state index contributed by atoms with van der Waals surface area (Å²) < 4.78 is 11.9. The first-order chi connectivity index (χ1) is 16.7. The third-order valence-electron chi connectivity index (χ3n) is 7.20. The summed E-state index contributed by atoms with van der Waals surface area (Å²) >= 11 is 3.90. The highest BCUT2D eigenvalue weighted by atomic mass is 32.1. The number of rotatable bonds is 7. The summed E-state index contributed by atoms with van der Waals surface area (Å²) in [6.45, 7) is 7.54. The van der Waals surface area contributed by atoms with Crippen LogP contribution in [0.3, 0.4) is 0 Å². The van der Waals surface area contributed by atoms with E-state index in [9.17, 15) is 0 Å². The van der Waals surface area contributed by atoms with Gasteiger partial charge in [-0.2, -0.15) is 0 Å². The van der Waals surface area contributed by atoms with Crippen molar-refractivity contribution in [1.82, 2.24) is 0 Å². The first-order valence-corrected chi connectivity index (χ1v) is 14.1. The van der Waals surface area contributed by atoms with Crippen molar-refractivity contribution in [2.24, 2.45) is 5.92 Å². The van der Waals surface area contributed by atoms with Crippen LogP contribution in [0.15, 0.2) is 60.7 Å². The maximum Gasteiger partial charge on any atom is 0.119 e. The number of unbranched alkanes of at least 4 members (excludes halogenated alkanes) is 1. The van der Waals surface area contributed by atoms with Gasteiger partial charge in [0.25, 0.3) is 0 Å². The average Bonchev–Trinajstić information content (AvgIpc) is 3.41. The molecule has 0 spiro atoms. The second-order valence-electron chi connectivity index (χ2n) is 9.58. The molecule has 0 aliphatic heterocycles. The van der Waals surface area contributed by atoms with Crippen molar-refractivity contribution in [2.75, 3.05) is 6.61 Å². The minimum atomic E-state index is 0.642. The van der Waals surface area contributed by atoms with Crippen LogP contribution in [0.4, 0.5) is 0 Å². The van der Waals surface area contributed by atoms with Crippen molar-refractivity contribution < 1.29 is 4.74 Å². The highest BCUT2D eigenvalue weighted by Gasteiger charge is 2.16. The quantitative estimate of drug-likeness (QED) is 0.220. The van der Waals surface area contributed by atoms with Crippen molar-refractivity contribution in [2.45, 2.75) is 46.5 Å². The lowest BCUT2D eigenvalue weighted by atomic mass is 10.0. The van der Waals surface area contributed by atoms with E-state index in [0.29, 0.717) is 5.92 Å². The number of fused-ring (bicyclic) bond motifs is 9. The van der Waals surface area contributed by atoms with E-state index in [2.05, 4.69) is 81.4 Å². The lowest BCUT2D eigenvalue weighted by molar-refractivity contribution is 0.233. The molecule has 0 radical (unpaired) electrons. The van der Waals surface area contributed by atoms with E-state index in [1.807, 2.05) is 22.7 Å². The molecule has 0 aliphatic rings. The Labute approximate surface area is 209 Å². The van der Waals surface area contributed by atoms with Gasteiger partial charge in [0.05, 0.1) is 16.0 Å². The Morgan fingerprint density at radius 2 is 1.32 bits per heavy atom. The summed E-state index contributed by atoms with van der Waals surface area (Å²) in [4.78, 5) is 0. The lowest BCUT2D eigenvalue weighted by Crippen LogP contribution is -2.11. The Kier molecular flexibility index (Phi) is 5.71. The molecule has 172 valence electrons. The zero-order valence-corrected chi connectivity index (χ0v) is 21.7. The van der Waals surface area contributed by atoms with E-state index in [4.69, 9.17) is 4.74 Å². The molecule has 1 unspecified atom stereocenters. The van der Waals surface area contributed by atoms with Gasteiger partial charge < -0.3 is 4.74 Å². The second-order valence-corrected chi connectivity index (χ2v) is 11.6. The second kappa shape index (κ2) is 8.87. The van der Waals surface area contributed by atoms with Crippen LogP contribution in [-0.2, 0) is 0 Å². The molecule has 6 rings (SSSR count). The summed E-state index contributed by atoms with van der Waals surface area (Å²) in [5, 5.41) is 8.08. The number of benzene rings is 4. The number of ether oxygens (including phenoxy) is 1. The molecule has 0 saturated carbocycles. The van der Waals surface area contributed by atoms with Crippen LogP contribution in [0.1, 0.15) is 45.1 Å². The normalized spacial score (nSPS) is 13.0. The van der Waals surface area contributed by atoms with Gasteiger partial charge in [-0.1, -0.05) is 81.1 Å². The number of hydrogen-bond donors (Lipinski definition) is 0. The molecule has 1 nitrogen and oxygen atoms in total. The molecule has 0 aliphatic carbocycles. The van der Waals surface area contributed by atoms with E-state index in [1.165, 1.54) is 82.4 Å². The molecule has 0 fully saturated rings. The smallest absolute Gasteiger partial charge is 0.119 e. The largest absolute Gasteiger partial charge is 0.493 e. The van der Waals surface area contributed by atoms with Gasteiger partial charge >= 0.3 is 0 Å². The number of thiophene rings is 2. The van der Waals surface area contributed by atoms with Crippen LogP contribution in [0.2, 0.25) is 0 Å². The van der Waals surface area contributed by atoms with Gasteiger partial charge in [-0.05, 0) is 53.6 Å². The third kappa shape index (κ3) is 3.66. The minimum absolute atomic E-state index is 0.642. The minimum Gasteiger partial charge on any atom is -0.493 e. The molecule has 0 bridgehead atoms. The van der Waals surface area contributed by atoms with Gasteiger partial charge in [-0.3, -0.25) is 0 Å². The van der Waals surface area contributed by atoms with Crippen LogP contribution in [0.5, 0.6) is 5.75 Å². The molecule has 4 aromatic carbocycles. The van der Waals surface area contributed by atoms with Gasteiger partial charge in [0.1, 0.15) is 5.75 Å². The lowest BCUT2D eigenvalue weighted by Gasteiger charge is -2.16. The maximum absolute atomic E-state index is 6.31. The van der Waals surface area contributed by atoms with E-state index in [-0.39, 0.29) is 0 Å². The van der Waals surface area contributed by atoms with Crippen LogP contribution in [0, 0.1) is 12.8 Å². The standard InChI is InChI=1S/C31H30OS2/c1-4-6-7-20(5-2)18-32-23-13-10-22-12-15-25-29(27(22)17-23)34-30-24-14-11-21-9-8-19(3)16-26(21)28(24)33-31(25)30/h8-17,20H,4-7,18H2,1-3H3. The van der Waals surface area contributed by atoms with Crippen LogP contribution in [-0.4, -0.2) is 6.61 Å². The molecule has 2 heterocycles. The molecule has 2 aromatic heterocycles. The fourth-order valence-corrected chi connectivity index (χ4v) is 7.99. The molecule has 1 atom stereocenters. The summed E-state index contributed by atoms with van der Waals surface area (Å²) in [5.41, 5.74) is 1.32. The van der Waals surface area contributed by atoms with Gasteiger partial charge in [-0.15, -0.1) is 22.7 Å². The SMILES string of the molecule is CCCCC(CC)COc1ccc2ccc3c(sc4c5ccc6ccc(C)cc6c5sc34)c2c1. The average molecular weight is 483 g/mol. The van der Waals surface area contributed by atoms with Crippen molar-refractivity contribution in [3.63, 3.8) is 0 Å². The Morgan fingerprint density at radius 1 is 0.706 bits per heavy atom. The van der Waals surface area contributed by atoms with Gasteiger partial charge in [-0.25, -0.2) is 0 Å². The maximum atomic E-state index is 6.31. The Morgan fingerprint density at radius 3 is 1.97 bits per heavy atom. The zero-order valence-electron chi connectivity index (χ0n) is 20.1. The van der Waals surface area contributed by atoms with Gasteiger partial charge in [0.2, 0.25) is 0 Å². The molecule has 0 amide bonds. The predicted octanol–water partition coefficient (Wildman–Crippen LogP) is 10.5. The number of hydrogen-bond acceptors (Lipinski definition) is 3. The van der Waals surface area contributed by atoms with Crippen LogP contribution < -0.4 is 4.74 Å². The fraction of sp³-hybridized carbons (Fsp3) is 0.290. The van der Waals surface area contributed by atoms with Crippen LogP contribution in [0.25, 0.3) is 51.1 Å². The zero-order chi connectivity index (χ0) is 23.2. The summed E-state index contributed by atoms with van der Waals surface area (Å²) in [6.07, 6.45) is 4.98. The highest BCUT2D eigenvalue weighted by Crippen LogP contribution is 2.48. The first-order valence-electron chi connectivity index (χ1n) is 12.5. The van der Waals surface area contributed by atoms with Crippen molar-refractivity contribution in [3.05, 3.63) is 66.2 Å². The highest BCUT2D eigenvalue weighted by molar-refractivity contribution is 7.37. The molecule has 6 aromatic rings. The summed E-state index contributed by atoms with van der Waals surface area (Å²) in [7, 11) is 0. The van der Waals surface area contributed by atoms with Crippen LogP contribution >= 0.6 is 22.7 Å². The van der Waals surface area contributed by atoms with Crippen molar-refractivity contribution in [3.8, 4) is 5.75 Å². The number of aryl methyl sites for hydroxylation is 1. The topological polar surface area (TPSA) is 9.23 Å². The summed E-state index contributed by atoms with van der Waals surface area (Å²) in [6, 6.07) is 22.6. The molecular formula is C31H30OS2. The molecule has 34 heavy (non-hydrogen) atoms. The van der Waals surface area contributed by atoms with E-state index < -0.39 is 0 Å². The molecule has 3 heteroatoms. The third-order valence-corrected chi connectivity index (χ3v) is 9.88. The fourth-order valence-electron chi connectivity index (χ4n) is 5.11. The van der Waals surface area contributed by atoms with Crippen molar-refractivity contribution >= 4 is 73.8 Å². The van der Waals surface area contributed by atoms with E-state index >= 15 is 0 Å². The monoisotopic (exact) mass is 482 g/mol. The Bertz CT molecular complexity index is 1650. The van der Waals surface area contributed by atoms with Gasteiger partial charge in [0, 0.05) is 25.6 Å². The summed E-state index contributed by atoms with van der Waals surface area (Å²) in [5.74, 6) is 1.64. The Hall–Kier alpha value is -2.62. The Balaban J connectivity index is 1.45. The molecule has 0 N–H and O–H groups in total. The van der Waals surface area contributed by atoms with E-state index in [1.54, 1.807) is 0 Å². The molecular weight excluding hydrogens is 452 g/mol. The van der Waals surface area contributed by atoms with E-state index in [0.717, 1.165) is 12.4 Å². The van der Waals surface area contributed by atoms with Crippen molar-refractivity contribution in [1.29, 1.82) is 0 Å². The molecule has 0 saturated heterocycles. The predicted molar refractivity (Wildman–Crippen MR) is 153 cm³/mol.